The standard InChI is InChI=1S/C21H16O/c1-2-9-17(10-3-1)21-18-11-5-4-8-16(18)13-14-19(21)20-12-6-7-15-22-20/h1-15,20H. The van der Waals surface area contributed by atoms with Gasteiger partial charge in [-0.25, -0.2) is 0 Å². The van der Waals surface area contributed by atoms with Gasteiger partial charge in [0.2, 0.25) is 0 Å². The lowest BCUT2D eigenvalue weighted by atomic mass is 9.90. The molecule has 1 aliphatic rings. The van der Waals surface area contributed by atoms with Crippen LogP contribution in [0.2, 0.25) is 0 Å². The number of fused-ring (bicyclic) bond motifs is 1. The van der Waals surface area contributed by atoms with Gasteiger partial charge in [0.15, 0.2) is 0 Å². The molecule has 0 amide bonds. The molecular formula is C21H16O. The summed E-state index contributed by atoms with van der Waals surface area (Å²) >= 11 is 0. The van der Waals surface area contributed by atoms with Crippen LogP contribution in [0, 0.1) is 0 Å². The van der Waals surface area contributed by atoms with Crippen LogP contribution in [0.1, 0.15) is 11.7 Å². The van der Waals surface area contributed by atoms with Gasteiger partial charge in [-0.1, -0.05) is 72.8 Å². The highest BCUT2D eigenvalue weighted by atomic mass is 16.5. The average Bonchev–Trinajstić information content (AvgIpc) is 2.62. The average molecular weight is 284 g/mol. The highest BCUT2D eigenvalue weighted by molar-refractivity contribution is 5.98. The molecule has 1 atom stereocenters. The third-order valence-electron chi connectivity index (χ3n) is 4.03. The summed E-state index contributed by atoms with van der Waals surface area (Å²) in [5, 5.41) is 2.51. The van der Waals surface area contributed by atoms with Gasteiger partial charge in [-0.05, 0) is 34.1 Å². The summed E-state index contributed by atoms with van der Waals surface area (Å²) in [6.07, 6.45) is 7.77. The largest absolute Gasteiger partial charge is 0.489 e. The molecule has 3 aromatic rings. The van der Waals surface area contributed by atoms with Crippen molar-refractivity contribution in [3.05, 3.63) is 96.8 Å². The van der Waals surface area contributed by atoms with Crippen molar-refractivity contribution in [2.24, 2.45) is 0 Å². The van der Waals surface area contributed by atoms with E-state index in [9.17, 15) is 0 Å². The number of allylic oxidation sites excluding steroid dienone is 2. The molecule has 0 radical (unpaired) electrons. The molecule has 1 aliphatic heterocycles. The lowest BCUT2D eigenvalue weighted by molar-refractivity contribution is 0.187. The van der Waals surface area contributed by atoms with Crippen molar-refractivity contribution in [3.63, 3.8) is 0 Å². The number of rotatable bonds is 2. The van der Waals surface area contributed by atoms with Crippen LogP contribution < -0.4 is 0 Å². The Labute approximate surface area is 130 Å². The van der Waals surface area contributed by atoms with E-state index in [1.165, 1.54) is 27.5 Å². The Morgan fingerprint density at radius 2 is 1.55 bits per heavy atom. The lowest BCUT2D eigenvalue weighted by Gasteiger charge is -2.21. The smallest absolute Gasteiger partial charge is 0.142 e. The lowest BCUT2D eigenvalue weighted by Crippen LogP contribution is -2.02. The monoisotopic (exact) mass is 284 g/mol. The summed E-state index contributed by atoms with van der Waals surface area (Å²) in [4.78, 5) is 0. The second-order valence-electron chi connectivity index (χ2n) is 5.39. The summed E-state index contributed by atoms with van der Waals surface area (Å²) in [5.74, 6) is 0. The molecule has 0 aromatic heterocycles. The zero-order valence-electron chi connectivity index (χ0n) is 12.1. The fraction of sp³-hybridized carbons (Fsp3) is 0.0476. The Kier molecular flexibility index (Phi) is 3.24. The first-order chi connectivity index (χ1) is 10.9. The molecule has 0 saturated heterocycles. The van der Waals surface area contributed by atoms with Crippen molar-refractivity contribution < 1.29 is 4.74 Å². The normalized spacial score (nSPS) is 16.6. The van der Waals surface area contributed by atoms with Crippen LogP contribution >= 0.6 is 0 Å². The second kappa shape index (κ2) is 5.53. The summed E-state index contributed by atoms with van der Waals surface area (Å²) in [6, 6.07) is 23.4. The van der Waals surface area contributed by atoms with Crippen LogP contribution in [0.5, 0.6) is 0 Å². The van der Waals surface area contributed by atoms with Crippen LogP contribution in [0.4, 0.5) is 0 Å². The molecule has 106 valence electrons. The van der Waals surface area contributed by atoms with Crippen molar-refractivity contribution in [2.45, 2.75) is 6.10 Å². The minimum Gasteiger partial charge on any atom is -0.489 e. The van der Waals surface area contributed by atoms with Gasteiger partial charge >= 0.3 is 0 Å². The Bertz CT molecular complexity index is 859. The fourth-order valence-corrected chi connectivity index (χ4v) is 3.02. The van der Waals surface area contributed by atoms with Crippen LogP contribution in [-0.4, -0.2) is 0 Å². The molecule has 0 aliphatic carbocycles. The molecule has 1 nitrogen and oxygen atoms in total. The Hall–Kier alpha value is -2.80. The van der Waals surface area contributed by atoms with Crippen LogP contribution in [0.25, 0.3) is 21.9 Å². The van der Waals surface area contributed by atoms with E-state index in [4.69, 9.17) is 4.74 Å². The molecule has 1 heterocycles. The van der Waals surface area contributed by atoms with Gasteiger partial charge in [0, 0.05) is 5.56 Å². The third-order valence-corrected chi connectivity index (χ3v) is 4.03. The Balaban J connectivity index is 2.00. The van der Waals surface area contributed by atoms with E-state index >= 15 is 0 Å². The first-order valence-electron chi connectivity index (χ1n) is 7.49. The summed E-state index contributed by atoms with van der Waals surface area (Å²) < 4.78 is 5.81. The zero-order chi connectivity index (χ0) is 14.8. The van der Waals surface area contributed by atoms with E-state index in [1.54, 1.807) is 6.26 Å². The molecule has 22 heavy (non-hydrogen) atoms. The van der Waals surface area contributed by atoms with E-state index in [-0.39, 0.29) is 6.10 Å². The second-order valence-corrected chi connectivity index (χ2v) is 5.39. The molecule has 0 N–H and O–H groups in total. The first kappa shape index (κ1) is 12.9. The molecule has 1 heteroatoms. The third kappa shape index (κ3) is 2.21. The van der Waals surface area contributed by atoms with Crippen molar-refractivity contribution in [2.75, 3.05) is 0 Å². The Morgan fingerprint density at radius 3 is 2.36 bits per heavy atom. The van der Waals surface area contributed by atoms with Gasteiger partial charge in [0.25, 0.3) is 0 Å². The number of benzene rings is 3. The maximum Gasteiger partial charge on any atom is 0.142 e. The van der Waals surface area contributed by atoms with E-state index in [2.05, 4.69) is 66.7 Å². The Morgan fingerprint density at radius 1 is 0.727 bits per heavy atom. The van der Waals surface area contributed by atoms with Crippen LogP contribution in [-0.2, 0) is 4.74 Å². The molecule has 0 fully saturated rings. The predicted octanol–water partition coefficient (Wildman–Crippen LogP) is 5.65. The van der Waals surface area contributed by atoms with Gasteiger partial charge < -0.3 is 4.74 Å². The molecule has 0 bridgehead atoms. The predicted molar refractivity (Wildman–Crippen MR) is 91.5 cm³/mol. The summed E-state index contributed by atoms with van der Waals surface area (Å²) in [6.45, 7) is 0. The molecule has 4 rings (SSSR count). The summed E-state index contributed by atoms with van der Waals surface area (Å²) in [7, 11) is 0. The number of hydrogen-bond acceptors (Lipinski definition) is 1. The quantitative estimate of drug-likeness (QED) is 0.591. The van der Waals surface area contributed by atoms with Crippen LogP contribution in [0.15, 0.2) is 91.2 Å². The molecular weight excluding hydrogens is 268 g/mol. The fourth-order valence-electron chi connectivity index (χ4n) is 3.02. The summed E-state index contributed by atoms with van der Waals surface area (Å²) in [5.41, 5.74) is 3.68. The van der Waals surface area contributed by atoms with Gasteiger partial charge in [-0.3, -0.25) is 0 Å². The van der Waals surface area contributed by atoms with Gasteiger partial charge in [0.1, 0.15) is 6.10 Å². The molecule has 0 spiro atoms. The maximum absolute atomic E-state index is 5.81. The van der Waals surface area contributed by atoms with Crippen molar-refractivity contribution in [1.82, 2.24) is 0 Å². The van der Waals surface area contributed by atoms with E-state index < -0.39 is 0 Å². The highest BCUT2D eigenvalue weighted by Crippen LogP contribution is 2.37. The van der Waals surface area contributed by atoms with E-state index in [1.807, 2.05) is 18.2 Å². The maximum atomic E-state index is 5.81. The SMILES string of the molecule is C1=COC(c2ccc3ccccc3c2-c2ccccc2)C=C1. The minimum atomic E-state index is -0.0372. The minimum absolute atomic E-state index is 0.0372. The van der Waals surface area contributed by atoms with Gasteiger partial charge in [-0.15, -0.1) is 0 Å². The zero-order valence-corrected chi connectivity index (χ0v) is 12.1. The van der Waals surface area contributed by atoms with Gasteiger partial charge in [-0.2, -0.15) is 0 Å². The van der Waals surface area contributed by atoms with Crippen molar-refractivity contribution >= 4 is 10.8 Å². The van der Waals surface area contributed by atoms with Crippen molar-refractivity contribution in [1.29, 1.82) is 0 Å². The van der Waals surface area contributed by atoms with E-state index in [0.717, 1.165) is 0 Å². The van der Waals surface area contributed by atoms with Crippen molar-refractivity contribution in [3.8, 4) is 11.1 Å². The van der Waals surface area contributed by atoms with E-state index in [0.29, 0.717) is 0 Å². The topological polar surface area (TPSA) is 9.23 Å². The molecule has 3 aromatic carbocycles. The highest BCUT2D eigenvalue weighted by Gasteiger charge is 2.17. The van der Waals surface area contributed by atoms with Crippen LogP contribution in [0.3, 0.4) is 0 Å². The molecule has 1 unspecified atom stereocenters. The number of hydrogen-bond donors (Lipinski definition) is 0. The number of ether oxygens (including phenoxy) is 1. The molecule has 0 saturated carbocycles. The first-order valence-corrected chi connectivity index (χ1v) is 7.49. The van der Waals surface area contributed by atoms with Gasteiger partial charge in [0.05, 0.1) is 6.26 Å².